The third-order valence-corrected chi connectivity index (χ3v) is 5.79. The van der Waals surface area contributed by atoms with E-state index >= 15 is 0 Å². The Hall–Kier alpha value is -3.65. The first-order valence-corrected chi connectivity index (χ1v) is 10.8. The van der Waals surface area contributed by atoms with Gasteiger partial charge in [0.05, 0.1) is 23.8 Å². The second-order valence-electron chi connectivity index (χ2n) is 8.26. The van der Waals surface area contributed by atoms with Gasteiger partial charge in [0, 0.05) is 25.4 Å². The van der Waals surface area contributed by atoms with Crippen LogP contribution in [0.25, 0.3) is 16.9 Å². The van der Waals surface area contributed by atoms with Gasteiger partial charge in [-0.15, -0.1) is 0 Å². The number of β-amino-alcohol motifs (C(OH)–C–C–N with tert-alkyl or cyclic N) is 2. The molecule has 36 heavy (non-hydrogen) atoms. The summed E-state index contributed by atoms with van der Waals surface area (Å²) < 4.78 is 68.6. The quantitative estimate of drug-likeness (QED) is 0.444. The highest BCUT2D eigenvalue weighted by Gasteiger charge is 2.40. The molecule has 0 bridgehead atoms. The summed E-state index contributed by atoms with van der Waals surface area (Å²) in [6.45, 7) is 1.21. The van der Waals surface area contributed by atoms with Gasteiger partial charge < -0.3 is 20.4 Å². The normalized spacial score (nSPS) is 19.1. The molecule has 192 valence electrons. The second kappa shape index (κ2) is 9.43. The Morgan fingerprint density at radius 3 is 2.47 bits per heavy atom. The SMILES string of the molecule is CCC(NC(=O)c1cn(-c2ncc(F)cc2F)c2nc(N3C[C@@H](O)[C@@H](O)C3)ccc2c1=O)C(F)(F)F. The Kier molecular flexibility index (Phi) is 6.66. The zero-order chi connectivity index (χ0) is 26.4. The van der Waals surface area contributed by atoms with Gasteiger partial charge in [-0.1, -0.05) is 6.92 Å². The van der Waals surface area contributed by atoms with Crippen LogP contribution in [0.5, 0.6) is 0 Å². The standard InChI is InChI=1S/C22H20F5N5O4/c1-2-16(22(25,26)27)29-21(36)12-7-32(20-13(24)5-10(23)6-28-20)19-11(18(12)35)3-4-17(30-19)31-8-14(33)15(34)9-31/h3-7,14-16,33-34H,2,8-9H2,1H3,(H,29,36)/t14-,15+,16?. The van der Waals surface area contributed by atoms with Crippen molar-refractivity contribution in [1.82, 2.24) is 19.9 Å². The van der Waals surface area contributed by atoms with Gasteiger partial charge in [-0.3, -0.25) is 14.2 Å². The van der Waals surface area contributed by atoms with Gasteiger partial charge in [0.25, 0.3) is 5.91 Å². The molecule has 1 aliphatic heterocycles. The predicted molar refractivity (Wildman–Crippen MR) is 117 cm³/mol. The van der Waals surface area contributed by atoms with Crippen LogP contribution in [0.3, 0.4) is 0 Å². The summed E-state index contributed by atoms with van der Waals surface area (Å²) in [7, 11) is 0. The molecule has 3 aromatic heterocycles. The summed E-state index contributed by atoms with van der Waals surface area (Å²) >= 11 is 0. The van der Waals surface area contributed by atoms with Gasteiger partial charge in [0.1, 0.15) is 23.2 Å². The first-order valence-electron chi connectivity index (χ1n) is 10.8. The molecule has 0 radical (unpaired) electrons. The highest BCUT2D eigenvalue weighted by atomic mass is 19.4. The summed E-state index contributed by atoms with van der Waals surface area (Å²) in [5.74, 6) is -3.94. The van der Waals surface area contributed by atoms with E-state index in [1.165, 1.54) is 24.0 Å². The van der Waals surface area contributed by atoms with Gasteiger partial charge in [-0.2, -0.15) is 13.2 Å². The van der Waals surface area contributed by atoms with Gasteiger partial charge in [0.15, 0.2) is 17.3 Å². The largest absolute Gasteiger partial charge is 0.408 e. The molecule has 1 amide bonds. The molecular formula is C22H20F5N5O4. The number of nitrogens with zero attached hydrogens (tertiary/aromatic N) is 4. The van der Waals surface area contributed by atoms with Gasteiger partial charge in [-0.05, 0) is 18.6 Å². The fraction of sp³-hybridized carbons (Fsp3) is 0.364. The number of carbonyl (C=O) groups is 1. The number of aliphatic hydroxyl groups excluding tert-OH is 2. The Morgan fingerprint density at radius 2 is 1.89 bits per heavy atom. The number of amides is 1. The minimum absolute atomic E-state index is 0.00338. The lowest BCUT2D eigenvalue weighted by Crippen LogP contribution is -2.46. The van der Waals surface area contributed by atoms with Crippen molar-refractivity contribution in [1.29, 1.82) is 0 Å². The zero-order valence-corrected chi connectivity index (χ0v) is 18.6. The number of aromatic nitrogens is 3. The minimum Gasteiger partial charge on any atom is -0.389 e. The van der Waals surface area contributed by atoms with E-state index in [1.807, 2.05) is 0 Å². The fourth-order valence-corrected chi connectivity index (χ4v) is 3.89. The summed E-state index contributed by atoms with van der Waals surface area (Å²) in [6.07, 6.45) is -5.93. The zero-order valence-electron chi connectivity index (χ0n) is 18.6. The van der Waals surface area contributed by atoms with E-state index in [2.05, 4.69) is 9.97 Å². The van der Waals surface area contributed by atoms with Gasteiger partial charge in [-0.25, -0.2) is 18.7 Å². The van der Waals surface area contributed by atoms with Crippen molar-refractivity contribution in [2.24, 2.45) is 0 Å². The van der Waals surface area contributed by atoms with Crippen LogP contribution >= 0.6 is 0 Å². The summed E-state index contributed by atoms with van der Waals surface area (Å²) in [5.41, 5.74) is -1.94. The molecule has 9 nitrogen and oxygen atoms in total. The predicted octanol–water partition coefficient (Wildman–Crippen LogP) is 1.67. The number of anilines is 1. The van der Waals surface area contributed by atoms with E-state index in [1.54, 1.807) is 5.32 Å². The van der Waals surface area contributed by atoms with E-state index in [4.69, 9.17) is 0 Å². The summed E-state index contributed by atoms with van der Waals surface area (Å²) in [6, 6.07) is 0.842. The number of aliphatic hydroxyl groups is 2. The molecular weight excluding hydrogens is 493 g/mol. The van der Waals surface area contributed by atoms with E-state index in [9.17, 15) is 41.8 Å². The van der Waals surface area contributed by atoms with E-state index in [0.717, 1.165) is 10.8 Å². The number of alkyl halides is 3. The molecule has 1 unspecified atom stereocenters. The van der Waals surface area contributed by atoms with Crippen LogP contribution in [-0.2, 0) is 0 Å². The first kappa shape index (κ1) is 25.4. The van der Waals surface area contributed by atoms with Gasteiger partial charge in [0.2, 0.25) is 5.43 Å². The maximum Gasteiger partial charge on any atom is 0.408 e. The first-order chi connectivity index (χ1) is 16.9. The topological polar surface area (TPSA) is 121 Å². The summed E-state index contributed by atoms with van der Waals surface area (Å²) in [5, 5.41) is 21.2. The lowest BCUT2D eigenvalue weighted by Gasteiger charge is -2.21. The van der Waals surface area contributed by atoms with Crippen LogP contribution in [0.15, 0.2) is 35.4 Å². The molecule has 14 heteroatoms. The van der Waals surface area contributed by atoms with Crippen LogP contribution in [-0.4, -0.2) is 68.2 Å². The number of carbonyl (C=O) groups excluding carboxylic acids is 1. The third kappa shape index (κ3) is 4.73. The molecule has 1 fully saturated rings. The second-order valence-corrected chi connectivity index (χ2v) is 8.26. The lowest BCUT2D eigenvalue weighted by molar-refractivity contribution is -0.153. The van der Waals surface area contributed by atoms with Crippen LogP contribution in [0.4, 0.5) is 27.8 Å². The minimum atomic E-state index is -4.77. The van der Waals surface area contributed by atoms with Crippen molar-refractivity contribution in [2.45, 2.75) is 37.8 Å². The van der Waals surface area contributed by atoms with E-state index in [0.29, 0.717) is 12.3 Å². The highest BCUT2D eigenvalue weighted by Crippen LogP contribution is 2.25. The number of hydrogen-bond donors (Lipinski definition) is 3. The van der Waals surface area contributed by atoms with Crippen molar-refractivity contribution in [3.8, 4) is 5.82 Å². The Balaban J connectivity index is 1.90. The van der Waals surface area contributed by atoms with Crippen molar-refractivity contribution >= 4 is 22.8 Å². The highest BCUT2D eigenvalue weighted by molar-refractivity contribution is 5.97. The smallest absolute Gasteiger partial charge is 0.389 e. The number of hydrogen-bond acceptors (Lipinski definition) is 7. The van der Waals surface area contributed by atoms with Crippen LogP contribution < -0.4 is 15.6 Å². The van der Waals surface area contributed by atoms with Crippen LogP contribution in [0.2, 0.25) is 0 Å². The molecule has 1 saturated heterocycles. The van der Waals surface area contributed by atoms with Crippen LogP contribution in [0.1, 0.15) is 23.7 Å². The average molecular weight is 513 g/mol. The molecule has 0 aromatic carbocycles. The van der Waals surface area contributed by atoms with E-state index < -0.39 is 65.2 Å². The van der Waals surface area contributed by atoms with Crippen molar-refractivity contribution in [2.75, 3.05) is 18.0 Å². The van der Waals surface area contributed by atoms with Crippen molar-refractivity contribution in [3.63, 3.8) is 0 Å². The summed E-state index contributed by atoms with van der Waals surface area (Å²) in [4.78, 5) is 35.3. The van der Waals surface area contributed by atoms with E-state index in [-0.39, 0.29) is 29.9 Å². The van der Waals surface area contributed by atoms with Crippen LogP contribution in [0, 0.1) is 11.6 Å². The molecule has 0 spiro atoms. The number of rotatable bonds is 5. The molecule has 0 saturated carbocycles. The average Bonchev–Trinajstić information content (AvgIpc) is 3.15. The maximum absolute atomic E-state index is 14.7. The number of fused-ring (bicyclic) bond motifs is 1. The lowest BCUT2D eigenvalue weighted by atomic mass is 10.1. The Labute approximate surface area is 199 Å². The number of pyridine rings is 3. The monoisotopic (exact) mass is 513 g/mol. The number of nitrogens with one attached hydrogen (secondary N) is 1. The molecule has 4 heterocycles. The Morgan fingerprint density at radius 1 is 1.22 bits per heavy atom. The van der Waals surface area contributed by atoms with Crippen molar-refractivity contribution in [3.05, 3.63) is 58.0 Å². The third-order valence-electron chi connectivity index (χ3n) is 5.79. The van der Waals surface area contributed by atoms with Crippen molar-refractivity contribution < 1.29 is 37.0 Å². The molecule has 1 aliphatic rings. The number of halogens is 5. The molecule has 3 atom stereocenters. The molecule has 0 aliphatic carbocycles. The maximum atomic E-state index is 14.7. The fourth-order valence-electron chi connectivity index (χ4n) is 3.89. The molecule has 3 N–H and O–H groups in total. The molecule has 4 rings (SSSR count). The van der Waals surface area contributed by atoms with Gasteiger partial charge >= 0.3 is 6.18 Å². The Bertz CT molecular complexity index is 1370. The molecule has 3 aromatic rings.